The summed E-state index contributed by atoms with van der Waals surface area (Å²) in [6.45, 7) is 2.82. The standard InChI is InChI=1S/C34H32N4O8S2/c1-23-14-15-24(20-32(23)48(43,44)37-16-18-46-19-17-37)35-22-29-27-10-3-4-11-28(27)33(39)38(34(29)40)25-8-7-9-26(21-25)47(41,42)36-30-12-5-6-13-31(30)45-2/h3-15,20-22,36,40H,16-19H2,1-2H3. The largest absolute Gasteiger partial charge is 0.495 e. The number of anilines is 1. The van der Waals surface area contributed by atoms with Crippen LogP contribution < -0.4 is 15.0 Å². The summed E-state index contributed by atoms with van der Waals surface area (Å²) in [6.07, 6.45) is 1.35. The van der Waals surface area contributed by atoms with Crippen LogP contribution >= 0.6 is 0 Å². The minimum atomic E-state index is -4.14. The van der Waals surface area contributed by atoms with Crippen LogP contribution in [0.5, 0.6) is 11.6 Å². The van der Waals surface area contributed by atoms with Crippen molar-refractivity contribution in [3.63, 3.8) is 0 Å². The van der Waals surface area contributed by atoms with Crippen molar-refractivity contribution < 1.29 is 31.4 Å². The number of aliphatic imine (C=N–C) groups is 1. The number of methoxy groups -OCH3 is 1. The predicted molar refractivity (Wildman–Crippen MR) is 183 cm³/mol. The topological polar surface area (TPSA) is 157 Å². The molecule has 1 fully saturated rings. The van der Waals surface area contributed by atoms with Gasteiger partial charge in [0.15, 0.2) is 0 Å². The zero-order valence-corrected chi connectivity index (χ0v) is 27.7. The number of nitrogens with zero attached hydrogens (tertiary/aromatic N) is 3. The Hall–Kier alpha value is -5.02. The molecule has 0 atom stereocenters. The lowest BCUT2D eigenvalue weighted by Gasteiger charge is -2.26. The Balaban J connectivity index is 1.42. The van der Waals surface area contributed by atoms with Gasteiger partial charge in [0.2, 0.25) is 15.9 Å². The number of para-hydroxylation sites is 2. The highest BCUT2D eigenvalue weighted by Gasteiger charge is 2.28. The maximum Gasteiger partial charge on any atom is 0.265 e. The number of benzene rings is 4. The first-order valence-electron chi connectivity index (χ1n) is 14.9. The summed E-state index contributed by atoms with van der Waals surface area (Å²) in [5.41, 5.74) is 0.772. The Kier molecular flexibility index (Phi) is 9.07. The van der Waals surface area contributed by atoms with Gasteiger partial charge < -0.3 is 14.6 Å². The summed E-state index contributed by atoms with van der Waals surface area (Å²) in [7, 11) is -6.52. The van der Waals surface area contributed by atoms with E-state index in [2.05, 4.69) is 9.71 Å². The normalized spacial score (nSPS) is 14.4. The Bertz CT molecular complexity index is 2330. The van der Waals surface area contributed by atoms with Crippen molar-refractivity contribution in [3.05, 3.63) is 112 Å². The SMILES string of the molecule is COc1ccccc1NS(=O)(=O)c1cccc(-n2c(O)c(C=Nc3ccc(C)c(S(=O)(=O)N4CCOCC4)c3)c3ccccc3c2=O)c1. The highest BCUT2D eigenvalue weighted by molar-refractivity contribution is 7.92. The number of aryl methyl sites for hydroxylation is 1. The molecule has 1 aliphatic heterocycles. The van der Waals surface area contributed by atoms with E-state index in [4.69, 9.17) is 9.47 Å². The van der Waals surface area contributed by atoms with E-state index in [1.807, 2.05) is 0 Å². The molecule has 5 aromatic rings. The lowest BCUT2D eigenvalue weighted by molar-refractivity contribution is 0.0730. The summed E-state index contributed by atoms with van der Waals surface area (Å²) in [4.78, 5) is 18.2. The number of aromatic hydroxyl groups is 1. The van der Waals surface area contributed by atoms with Gasteiger partial charge in [-0.3, -0.25) is 14.5 Å². The lowest BCUT2D eigenvalue weighted by Crippen LogP contribution is -2.40. The summed E-state index contributed by atoms with van der Waals surface area (Å²) in [5, 5.41) is 12.2. The number of nitrogens with one attached hydrogen (secondary N) is 1. The molecule has 0 saturated carbocycles. The Morgan fingerprint density at radius 3 is 2.35 bits per heavy atom. The molecule has 0 radical (unpaired) electrons. The molecule has 2 heterocycles. The quantitative estimate of drug-likeness (QED) is 0.213. The van der Waals surface area contributed by atoms with Crippen LogP contribution in [0, 0.1) is 6.92 Å². The number of pyridine rings is 1. The molecule has 0 spiro atoms. The van der Waals surface area contributed by atoms with Crippen molar-refractivity contribution in [3.8, 4) is 17.3 Å². The fourth-order valence-electron chi connectivity index (χ4n) is 5.46. The van der Waals surface area contributed by atoms with Crippen LogP contribution in [0.2, 0.25) is 0 Å². The molecule has 2 N–H and O–H groups in total. The summed E-state index contributed by atoms with van der Waals surface area (Å²) >= 11 is 0. The second-order valence-electron chi connectivity index (χ2n) is 11.0. The monoisotopic (exact) mass is 688 g/mol. The summed E-state index contributed by atoms with van der Waals surface area (Å²) < 4.78 is 69.1. The van der Waals surface area contributed by atoms with Crippen molar-refractivity contribution in [1.29, 1.82) is 0 Å². The Labute approximate surface area is 277 Å². The van der Waals surface area contributed by atoms with E-state index in [-0.39, 0.29) is 45.2 Å². The molecule has 1 saturated heterocycles. The predicted octanol–water partition coefficient (Wildman–Crippen LogP) is 4.59. The minimum Gasteiger partial charge on any atom is -0.495 e. The Morgan fingerprint density at radius 2 is 1.60 bits per heavy atom. The molecule has 0 bridgehead atoms. The molecule has 4 aromatic carbocycles. The van der Waals surface area contributed by atoms with Crippen LogP contribution in [0.15, 0.2) is 111 Å². The van der Waals surface area contributed by atoms with E-state index < -0.39 is 31.5 Å². The molecule has 14 heteroatoms. The number of morpholine rings is 1. The molecule has 0 unspecified atom stereocenters. The maximum absolute atomic E-state index is 13.8. The van der Waals surface area contributed by atoms with Gasteiger partial charge in [0.1, 0.15) is 5.75 Å². The highest BCUT2D eigenvalue weighted by atomic mass is 32.2. The van der Waals surface area contributed by atoms with Gasteiger partial charge in [0, 0.05) is 30.1 Å². The van der Waals surface area contributed by atoms with Crippen LogP contribution in [-0.4, -0.2) is 70.4 Å². The van der Waals surface area contributed by atoms with E-state index in [1.165, 1.54) is 48.0 Å². The fraction of sp³-hybridized carbons (Fsp3) is 0.176. The van der Waals surface area contributed by atoms with Crippen molar-refractivity contribution in [2.45, 2.75) is 16.7 Å². The maximum atomic E-state index is 13.8. The van der Waals surface area contributed by atoms with Crippen LogP contribution in [-0.2, 0) is 24.8 Å². The first-order chi connectivity index (χ1) is 23.0. The number of sulfonamides is 2. The van der Waals surface area contributed by atoms with E-state index >= 15 is 0 Å². The van der Waals surface area contributed by atoms with Gasteiger partial charge in [-0.05, 0) is 61.0 Å². The first kappa shape index (κ1) is 32.9. The second-order valence-corrected chi connectivity index (χ2v) is 14.5. The van der Waals surface area contributed by atoms with Gasteiger partial charge in [0.25, 0.3) is 15.6 Å². The smallest absolute Gasteiger partial charge is 0.265 e. The Morgan fingerprint density at radius 1 is 0.896 bits per heavy atom. The second kappa shape index (κ2) is 13.2. The molecule has 48 heavy (non-hydrogen) atoms. The first-order valence-corrected chi connectivity index (χ1v) is 17.8. The molecular formula is C34H32N4O8S2. The fourth-order valence-corrected chi connectivity index (χ4v) is 8.23. The van der Waals surface area contributed by atoms with Crippen LogP contribution in [0.1, 0.15) is 11.1 Å². The van der Waals surface area contributed by atoms with E-state index in [9.17, 15) is 26.7 Å². The number of hydrogen-bond acceptors (Lipinski definition) is 9. The molecule has 248 valence electrons. The number of ether oxygens (including phenoxy) is 2. The van der Waals surface area contributed by atoms with Crippen molar-refractivity contribution in [1.82, 2.24) is 8.87 Å². The molecule has 1 aliphatic rings. The number of rotatable bonds is 9. The molecule has 6 rings (SSSR count). The zero-order chi connectivity index (χ0) is 34.1. The van der Waals surface area contributed by atoms with Gasteiger partial charge in [-0.2, -0.15) is 4.31 Å². The van der Waals surface area contributed by atoms with Gasteiger partial charge in [0.05, 0.1) is 52.7 Å². The van der Waals surface area contributed by atoms with Crippen LogP contribution in [0.25, 0.3) is 16.5 Å². The third-order valence-electron chi connectivity index (χ3n) is 7.94. The number of aromatic nitrogens is 1. The molecule has 12 nitrogen and oxygen atoms in total. The van der Waals surface area contributed by atoms with Crippen molar-refractivity contribution in [2.24, 2.45) is 4.99 Å². The lowest BCUT2D eigenvalue weighted by atomic mass is 10.1. The van der Waals surface area contributed by atoms with Crippen LogP contribution in [0.3, 0.4) is 0 Å². The van der Waals surface area contributed by atoms with Gasteiger partial charge in [-0.25, -0.2) is 21.4 Å². The average molecular weight is 689 g/mol. The van der Waals surface area contributed by atoms with E-state index in [0.717, 1.165) is 4.57 Å². The summed E-state index contributed by atoms with van der Waals surface area (Å²) in [6, 6.07) is 23.6. The number of hydrogen-bond donors (Lipinski definition) is 2. The summed E-state index contributed by atoms with van der Waals surface area (Å²) in [5.74, 6) is -0.160. The molecule has 0 amide bonds. The van der Waals surface area contributed by atoms with Crippen LogP contribution in [0.4, 0.5) is 11.4 Å². The highest BCUT2D eigenvalue weighted by Crippen LogP contribution is 2.31. The van der Waals surface area contributed by atoms with Gasteiger partial charge >= 0.3 is 0 Å². The third kappa shape index (κ3) is 6.30. The third-order valence-corrected chi connectivity index (χ3v) is 11.3. The minimum absolute atomic E-state index is 0.0926. The van der Waals surface area contributed by atoms with E-state index in [0.29, 0.717) is 35.6 Å². The van der Waals surface area contributed by atoms with Gasteiger partial charge in [-0.1, -0.05) is 42.5 Å². The van der Waals surface area contributed by atoms with Crippen molar-refractivity contribution in [2.75, 3.05) is 38.1 Å². The number of fused-ring (bicyclic) bond motifs is 1. The molecule has 0 aliphatic carbocycles. The molecular weight excluding hydrogens is 657 g/mol. The molecule has 1 aromatic heterocycles. The van der Waals surface area contributed by atoms with E-state index in [1.54, 1.807) is 67.6 Å². The van der Waals surface area contributed by atoms with Crippen molar-refractivity contribution >= 4 is 48.4 Å². The average Bonchev–Trinajstić information content (AvgIpc) is 3.09. The zero-order valence-electron chi connectivity index (χ0n) is 26.0. The van der Waals surface area contributed by atoms with Gasteiger partial charge in [-0.15, -0.1) is 0 Å².